The van der Waals surface area contributed by atoms with Gasteiger partial charge in [0.25, 0.3) is 10.1 Å². The molecule has 0 bridgehead atoms. The van der Waals surface area contributed by atoms with Crippen LogP contribution in [0.4, 0.5) is 0 Å². The number of hydrogen-bond acceptors (Lipinski definition) is 6. The summed E-state index contributed by atoms with van der Waals surface area (Å²) >= 11 is 9.72. The molecule has 1 aromatic carbocycles. The lowest BCUT2D eigenvalue weighted by Gasteiger charge is -2.07. The number of rotatable bonds is 6. The first-order valence-electron chi connectivity index (χ1n) is 5.75. The fraction of sp³-hybridized carbons (Fsp3) is 0.167. The molecule has 1 rings (SSSR count). The maximum Gasteiger partial charge on any atom is 0.336 e. The Morgan fingerprint density at radius 1 is 1.09 bits per heavy atom. The van der Waals surface area contributed by atoms with Crippen molar-refractivity contribution in [3.8, 4) is 5.75 Å². The van der Waals surface area contributed by atoms with Crippen LogP contribution in [0.25, 0.3) is 0 Å². The van der Waals surface area contributed by atoms with Crippen molar-refractivity contribution in [3.05, 3.63) is 37.7 Å². The molecule has 0 saturated carbocycles. The number of benzene rings is 1. The summed E-state index contributed by atoms with van der Waals surface area (Å²) in [5, 5.41) is 0. The molecule has 0 heterocycles. The predicted octanol–water partition coefficient (Wildman–Crippen LogP) is 2.87. The maximum atomic E-state index is 11.6. The van der Waals surface area contributed by atoms with Crippen LogP contribution in [-0.4, -0.2) is 37.3 Å². The van der Waals surface area contributed by atoms with Crippen LogP contribution in [0.2, 0.25) is 0 Å². The molecule has 0 aromatic heterocycles. The molecule has 0 aliphatic heterocycles. The van der Waals surface area contributed by atoms with Gasteiger partial charge in [-0.3, -0.25) is 4.55 Å². The second kappa shape index (κ2) is 8.92. The Balaban J connectivity index is 2.58. The first kappa shape index (κ1) is 20.3. The number of hydrogen-bond donors (Lipinski definition) is 1. The molecular weight excluding hydrogens is 528 g/mol. The minimum absolute atomic E-state index is 0.225. The third-order valence-corrected chi connectivity index (χ3v) is 4.43. The molecule has 11 heteroatoms. The normalized spacial score (nSPS) is 11.5. The Morgan fingerprint density at radius 3 is 2.13 bits per heavy atom. The summed E-state index contributed by atoms with van der Waals surface area (Å²) in [4.78, 5) is 22.9. The highest BCUT2D eigenvalue weighted by Gasteiger charge is 2.12. The van der Waals surface area contributed by atoms with Crippen molar-refractivity contribution in [2.45, 2.75) is 0 Å². The molecule has 0 aliphatic carbocycles. The number of ether oxygens (including phenoxy) is 2. The highest BCUT2D eigenvalue weighted by Crippen LogP contribution is 2.36. The summed E-state index contributed by atoms with van der Waals surface area (Å²) < 4.78 is 40.6. The molecule has 1 aromatic rings. The van der Waals surface area contributed by atoms with Crippen molar-refractivity contribution < 1.29 is 32.0 Å². The zero-order valence-electron chi connectivity index (χ0n) is 11.2. The van der Waals surface area contributed by atoms with E-state index in [0.29, 0.717) is 8.95 Å². The van der Waals surface area contributed by atoms with E-state index in [1.807, 2.05) is 0 Å². The summed E-state index contributed by atoms with van der Waals surface area (Å²) in [5.74, 6) is -2.28. The average molecular weight is 537 g/mol. The second-order valence-electron chi connectivity index (χ2n) is 3.91. The van der Waals surface area contributed by atoms with Crippen molar-refractivity contribution in [1.29, 1.82) is 0 Å². The molecule has 0 atom stereocenters. The number of esters is 2. The van der Waals surface area contributed by atoms with E-state index in [1.54, 1.807) is 12.1 Å². The highest BCUT2D eigenvalue weighted by molar-refractivity contribution is 9.11. The second-order valence-corrected chi connectivity index (χ2v) is 8.10. The molecule has 7 nitrogen and oxygen atoms in total. The van der Waals surface area contributed by atoms with Crippen LogP contribution >= 0.6 is 47.8 Å². The minimum atomic E-state index is -4.21. The Kier molecular flexibility index (Phi) is 7.87. The molecule has 0 unspecified atom stereocenters. The minimum Gasteiger partial charge on any atom is -0.461 e. The van der Waals surface area contributed by atoms with Crippen molar-refractivity contribution in [2.75, 3.05) is 12.4 Å². The summed E-state index contributed by atoms with van der Waals surface area (Å²) in [6.07, 6.45) is 1.61. The third kappa shape index (κ3) is 8.06. The van der Waals surface area contributed by atoms with Crippen LogP contribution in [0.15, 0.2) is 37.7 Å². The fourth-order valence-electron chi connectivity index (χ4n) is 1.19. The lowest BCUT2D eigenvalue weighted by molar-refractivity contribution is -0.137. The summed E-state index contributed by atoms with van der Waals surface area (Å²) in [5.41, 5.74) is 0. The van der Waals surface area contributed by atoms with E-state index >= 15 is 0 Å². The number of halogens is 3. The number of carbonyl (C=O) groups excluding carboxylic acids is 2. The third-order valence-electron chi connectivity index (χ3n) is 2.11. The van der Waals surface area contributed by atoms with Gasteiger partial charge in [0.15, 0.2) is 5.75 Å². The summed E-state index contributed by atoms with van der Waals surface area (Å²) in [6, 6.07) is 3.33. The predicted molar refractivity (Wildman–Crippen MR) is 91.7 cm³/mol. The standard InChI is InChI=1S/C12H9Br3O7S/c13-7-5-8(14)12(9(15)6-7)22-11(17)2-1-10(16)21-3-4-23(18,19)20/h1-2,5-6H,3-4H2,(H,18,19,20)/b2-1-. The smallest absolute Gasteiger partial charge is 0.336 e. The summed E-state index contributed by atoms with van der Waals surface area (Å²) in [7, 11) is -4.21. The van der Waals surface area contributed by atoms with Gasteiger partial charge in [-0.25, -0.2) is 9.59 Å². The van der Waals surface area contributed by atoms with Crippen LogP contribution in [0, 0.1) is 0 Å². The Hall–Kier alpha value is -0.750. The van der Waals surface area contributed by atoms with Gasteiger partial charge in [-0.15, -0.1) is 0 Å². The molecule has 0 radical (unpaired) electrons. The van der Waals surface area contributed by atoms with Crippen LogP contribution in [0.3, 0.4) is 0 Å². The van der Waals surface area contributed by atoms with Crippen LogP contribution in [0.1, 0.15) is 0 Å². The Bertz CT molecular complexity index is 720. The van der Waals surface area contributed by atoms with Gasteiger partial charge in [-0.2, -0.15) is 8.42 Å². The lowest BCUT2D eigenvalue weighted by atomic mass is 10.3. The van der Waals surface area contributed by atoms with E-state index in [0.717, 1.165) is 16.6 Å². The Morgan fingerprint density at radius 2 is 1.61 bits per heavy atom. The Labute approximate surface area is 157 Å². The molecule has 0 amide bonds. The van der Waals surface area contributed by atoms with E-state index in [1.165, 1.54) is 0 Å². The van der Waals surface area contributed by atoms with Crippen molar-refractivity contribution >= 4 is 69.8 Å². The van der Waals surface area contributed by atoms with Crippen molar-refractivity contribution in [3.63, 3.8) is 0 Å². The van der Waals surface area contributed by atoms with Crippen LogP contribution < -0.4 is 4.74 Å². The van der Waals surface area contributed by atoms with E-state index < -0.39 is 34.4 Å². The molecule has 126 valence electrons. The zero-order valence-corrected chi connectivity index (χ0v) is 16.7. The molecule has 0 spiro atoms. The van der Waals surface area contributed by atoms with E-state index in [9.17, 15) is 18.0 Å². The van der Waals surface area contributed by atoms with Gasteiger partial charge in [0.2, 0.25) is 0 Å². The first-order chi connectivity index (χ1) is 10.6. The first-order valence-corrected chi connectivity index (χ1v) is 9.73. The summed E-state index contributed by atoms with van der Waals surface area (Å²) in [6.45, 7) is -0.527. The van der Waals surface area contributed by atoms with Crippen LogP contribution in [-0.2, 0) is 24.4 Å². The van der Waals surface area contributed by atoms with Gasteiger partial charge in [-0.1, -0.05) is 15.9 Å². The molecule has 0 aliphatic rings. The molecule has 23 heavy (non-hydrogen) atoms. The quantitative estimate of drug-likeness (QED) is 0.258. The molecule has 0 saturated heterocycles. The van der Waals surface area contributed by atoms with Crippen molar-refractivity contribution in [1.82, 2.24) is 0 Å². The largest absolute Gasteiger partial charge is 0.461 e. The molecular formula is C12H9Br3O7S. The van der Waals surface area contributed by atoms with Gasteiger partial charge >= 0.3 is 11.9 Å². The van der Waals surface area contributed by atoms with Gasteiger partial charge in [0, 0.05) is 16.6 Å². The van der Waals surface area contributed by atoms with E-state index in [-0.39, 0.29) is 5.75 Å². The number of carbonyl (C=O) groups is 2. The lowest BCUT2D eigenvalue weighted by Crippen LogP contribution is -2.14. The van der Waals surface area contributed by atoms with Gasteiger partial charge in [0.1, 0.15) is 12.4 Å². The zero-order chi connectivity index (χ0) is 17.6. The SMILES string of the molecule is O=C(/C=C\C(=O)Oc1c(Br)cc(Br)cc1Br)OCCS(=O)(=O)O. The van der Waals surface area contributed by atoms with E-state index in [2.05, 4.69) is 52.5 Å². The monoisotopic (exact) mass is 534 g/mol. The van der Waals surface area contributed by atoms with Gasteiger partial charge in [0.05, 0.1) is 8.95 Å². The van der Waals surface area contributed by atoms with Gasteiger partial charge < -0.3 is 9.47 Å². The topological polar surface area (TPSA) is 107 Å². The maximum absolute atomic E-state index is 11.6. The van der Waals surface area contributed by atoms with Gasteiger partial charge in [-0.05, 0) is 44.0 Å². The van der Waals surface area contributed by atoms with Crippen LogP contribution in [0.5, 0.6) is 5.75 Å². The molecule has 1 N–H and O–H groups in total. The molecule has 0 fully saturated rings. The highest BCUT2D eigenvalue weighted by atomic mass is 79.9. The fourth-order valence-corrected chi connectivity index (χ4v) is 3.91. The average Bonchev–Trinajstić information content (AvgIpc) is 2.39. The van der Waals surface area contributed by atoms with E-state index in [4.69, 9.17) is 9.29 Å². The van der Waals surface area contributed by atoms with Crippen molar-refractivity contribution in [2.24, 2.45) is 0 Å².